The lowest BCUT2D eigenvalue weighted by Gasteiger charge is -2.13. The van der Waals surface area contributed by atoms with Crippen LogP contribution in [0.2, 0.25) is 13.1 Å². The SMILES string of the molecule is CCN(O)[SiH](C)C. The summed E-state index contributed by atoms with van der Waals surface area (Å²) in [7, 11) is -0.876. The fraction of sp³-hybridized carbons (Fsp3) is 1.00. The molecule has 0 unspecified atom stereocenters. The molecule has 0 bridgehead atoms. The summed E-state index contributed by atoms with van der Waals surface area (Å²) in [5, 5.41) is 8.83. The van der Waals surface area contributed by atoms with Crippen molar-refractivity contribution < 1.29 is 5.21 Å². The second-order valence-electron chi connectivity index (χ2n) is 1.85. The number of hydroxylamine groups is 1. The van der Waals surface area contributed by atoms with E-state index in [0.29, 0.717) is 0 Å². The predicted octanol–water partition coefficient (Wildman–Crippen LogP) is 0.681. The average Bonchev–Trinajstić information content (AvgIpc) is 1.65. The van der Waals surface area contributed by atoms with E-state index in [2.05, 4.69) is 13.1 Å². The van der Waals surface area contributed by atoms with Crippen LogP contribution in [0.1, 0.15) is 6.92 Å². The third-order valence-electron chi connectivity index (χ3n) is 0.920. The summed E-state index contributed by atoms with van der Waals surface area (Å²) in [6.07, 6.45) is 0. The Morgan fingerprint density at radius 2 is 2.00 bits per heavy atom. The lowest BCUT2D eigenvalue weighted by atomic mass is 10.8. The van der Waals surface area contributed by atoms with Crippen molar-refractivity contribution in [3.63, 3.8) is 0 Å². The summed E-state index contributed by atoms with van der Waals surface area (Å²) >= 11 is 0. The van der Waals surface area contributed by atoms with Crippen LogP contribution in [-0.4, -0.2) is 25.4 Å². The highest BCUT2D eigenvalue weighted by molar-refractivity contribution is 6.52. The molecule has 0 saturated carbocycles. The fourth-order valence-electron chi connectivity index (χ4n) is 0.365. The fourth-order valence-corrected chi connectivity index (χ4v) is 1.10. The summed E-state index contributed by atoms with van der Waals surface area (Å²) in [6.45, 7) is 6.89. The summed E-state index contributed by atoms with van der Waals surface area (Å²) in [5.74, 6) is 0. The molecule has 0 radical (unpaired) electrons. The Morgan fingerprint density at radius 3 is 2.00 bits per heavy atom. The molecule has 0 amide bonds. The van der Waals surface area contributed by atoms with Crippen molar-refractivity contribution in [2.75, 3.05) is 6.54 Å². The zero-order valence-corrected chi connectivity index (χ0v) is 6.33. The van der Waals surface area contributed by atoms with Gasteiger partial charge in [0, 0.05) is 6.54 Å². The van der Waals surface area contributed by atoms with Crippen molar-refractivity contribution in [2.45, 2.75) is 20.0 Å². The van der Waals surface area contributed by atoms with Gasteiger partial charge in [-0.15, -0.1) is 0 Å². The van der Waals surface area contributed by atoms with E-state index >= 15 is 0 Å². The van der Waals surface area contributed by atoms with Gasteiger partial charge in [-0.2, -0.15) is 0 Å². The quantitative estimate of drug-likeness (QED) is 0.427. The van der Waals surface area contributed by atoms with Crippen LogP contribution in [0.4, 0.5) is 0 Å². The third kappa shape index (κ3) is 2.79. The second kappa shape index (κ2) is 3.18. The summed E-state index contributed by atoms with van der Waals surface area (Å²) in [4.78, 5) is 0. The first kappa shape index (κ1) is 7.14. The third-order valence-corrected chi connectivity index (χ3v) is 2.48. The number of nitrogens with zero attached hydrogens (tertiary/aromatic N) is 1. The summed E-state index contributed by atoms with van der Waals surface area (Å²) in [5.41, 5.74) is 0. The van der Waals surface area contributed by atoms with Crippen molar-refractivity contribution in [1.82, 2.24) is 4.73 Å². The molecule has 0 spiro atoms. The van der Waals surface area contributed by atoms with E-state index in [0.717, 1.165) is 6.54 Å². The van der Waals surface area contributed by atoms with Gasteiger partial charge in [0.15, 0.2) is 0 Å². The van der Waals surface area contributed by atoms with Gasteiger partial charge in [0.2, 0.25) is 0 Å². The Labute approximate surface area is 46.4 Å². The van der Waals surface area contributed by atoms with Gasteiger partial charge in [-0.1, -0.05) is 20.0 Å². The highest BCUT2D eigenvalue weighted by Gasteiger charge is 2.00. The molecular formula is C4H13NOSi. The second-order valence-corrected chi connectivity index (χ2v) is 4.63. The first-order chi connectivity index (χ1) is 3.18. The molecule has 0 aliphatic carbocycles. The number of hydrogen-bond donors (Lipinski definition) is 1. The van der Waals surface area contributed by atoms with Crippen molar-refractivity contribution in [2.24, 2.45) is 0 Å². The Bertz CT molecular complexity index is 49.0. The summed E-state index contributed by atoms with van der Waals surface area (Å²) < 4.78 is 1.43. The van der Waals surface area contributed by atoms with Crippen LogP contribution in [0.25, 0.3) is 0 Å². The van der Waals surface area contributed by atoms with E-state index in [-0.39, 0.29) is 0 Å². The Morgan fingerprint density at radius 1 is 1.57 bits per heavy atom. The zero-order valence-electron chi connectivity index (χ0n) is 5.18. The molecule has 0 heterocycles. The van der Waals surface area contributed by atoms with Gasteiger partial charge >= 0.3 is 0 Å². The van der Waals surface area contributed by atoms with Crippen LogP contribution in [-0.2, 0) is 0 Å². The molecule has 0 rings (SSSR count). The maximum atomic E-state index is 8.83. The van der Waals surface area contributed by atoms with Crippen LogP contribution in [0.5, 0.6) is 0 Å². The lowest BCUT2D eigenvalue weighted by Crippen LogP contribution is -2.30. The molecule has 0 aliphatic heterocycles. The van der Waals surface area contributed by atoms with Crippen LogP contribution >= 0.6 is 0 Å². The first-order valence-corrected chi connectivity index (χ1v) is 5.46. The van der Waals surface area contributed by atoms with Crippen LogP contribution in [0.3, 0.4) is 0 Å². The van der Waals surface area contributed by atoms with E-state index in [1.165, 1.54) is 4.73 Å². The van der Waals surface area contributed by atoms with Gasteiger partial charge in [0.1, 0.15) is 8.96 Å². The van der Waals surface area contributed by atoms with Crippen LogP contribution in [0, 0.1) is 0 Å². The van der Waals surface area contributed by atoms with E-state index in [1.807, 2.05) is 6.92 Å². The molecule has 0 aromatic rings. The minimum absolute atomic E-state index is 0.768. The maximum absolute atomic E-state index is 8.83. The zero-order chi connectivity index (χ0) is 5.86. The highest BCUT2D eigenvalue weighted by atomic mass is 28.3. The van der Waals surface area contributed by atoms with Gasteiger partial charge in [-0.05, 0) is 0 Å². The van der Waals surface area contributed by atoms with Crippen molar-refractivity contribution in [1.29, 1.82) is 0 Å². The van der Waals surface area contributed by atoms with E-state index in [1.54, 1.807) is 0 Å². The van der Waals surface area contributed by atoms with E-state index in [4.69, 9.17) is 5.21 Å². The molecule has 2 nitrogen and oxygen atoms in total. The summed E-state index contributed by atoms with van der Waals surface area (Å²) in [6, 6.07) is 0. The Hall–Kier alpha value is 0.137. The van der Waals surface area contributed by atoms with Crippen molar-refractivity contribution >= 4 is 8.96 Å². The van der Waals surface area contributed by atoms with Crippen molar-refractivity contribution in [3.05, 3.63) is 0 Å². The minimum atomic E-state index is -0.876. The molecule has 0 aliphatic rings. The number of hydrogen-bond acceptors (Lipinski definition) is 2. The molecule has 1 N–H and O–H groups in total. The molecule has 3 heteroatoms. The largest absolute Gasteiger partial charge is 0.322 e. The smallest absolute Gasteiger partial charge is 0.138 e. The lowest BCUT2D eigenvalue weighted by molar-refractivity contribution is 0.000760. The maximum Gasteiger partial charge on any atom is 0.138 e. The van der Waals surface area contributed by atoms with Crippen LogP contribution in [0.15, 0.2) is 0 Å². The van der Waals surface area contributed by atoms with Gasteiger partial charge in [0.05, 0.1) is 0 Å². The normalized spacial score (nSPS) is 11.1. The minimum Gasteiger partial charge on any atom is -0.322 e. The van der Waals surface area contributed by atoms with Gasteiger partial charge < -0.3 is 5.21 Å². The van der Waals surface area contributed by atoms with Gasteiger partial charge in [-0.3, -0.25) is 0 Å². The topological polar surface area (TPSA) is 23.5 Å². The highest BCUT2D eigenvalue weighted by Crippen LogP contribution is 1.85. The molecule has 44 valence electrons. The van der Waals surface area contributed by atoms with Gasteiger partial charge in [0.25, 0.3) is 0 Å². The van der Waals surface area contributed by atoms with E-state index in [9.17, 15) is 0 Å². The van der Waals surface area contributed by atoms with E-state index < -0.39 is 8.96 Å². The average molecular weight is 119 g/mol. The standard InChI is InChI=1S/C4H13NOSi/c1-4-5(6)7(2)3/h6-7H,4H2,1-3H3. The Kier molecular flexibility index (Phi) is 3.24. The van der Waals surface area contributed by atoms with Gasteiger partial charge in [-0.25, -0.2) is 4.73 Å². The van der Waals surface area contributed by atoms with Crippen molar-refractivity contribution in [3.8, 4) is 0 Å². The molecule has 0 saturated heterocycles. The predicted molar refractivity (Wildman–Crippen MR) is 33.0 cm³/mol. The number of rotatable bonds is 2. The molecule has 0 aromatic carbocycles. The molecule has 7 heavy (non-hydrogen) atoms. The first-order valence-electron chi connectivity index (χ1n) is 2.64. The monoisotopic (exact) mass is 119 g/mol. The molecular weight excluding hydrogens is 106 g/mol. The van der Waals surface area contributed by atoms with Crippen LogP contribution < -0.4 is 0 Å². The Balaban J connectivity index is 3.14. The molecule has 0 fully saturated rings. The molecule has 0 atom stereocenters. The molecule has 0 aromatic heterocycles.